The summed E-state index contributed by atoms with van der Waals surface area (Å²) in [6.45, 7) is 8.48. The van der Waals surface area contributed by atoms with Crippen molar-refractivity contribution in [2.24, 2.45) is 0 Å². The molecule has 2 aromatic carbocycles. The molecule has 2 aromatic rings. The number of anilines is 2. The summed E-state index contributed by atoms with van der Waals surface area (Å²) in [7, 11) is -3.80. The normalized spacial score (nSPS) is 18.6. The Bertz CT molecular complexity index is 1050. The zero-order valence-corrected chi connectivity index (χ0v) is 17.4. The Morgan fingerprint density at radius 2 is 1.81 bits per heavy atom. The number of hydrogen-bond donors (Lipinski definition) is 1. The van der Waals surface area contributed by atoms with Crippen molar-refractivity contribution < 1.29 is 13.2 Å². The molecule has 0 spiro atoms. The first-order chi connectivity index (χ1) is 12.7. The Morgan fingerprint density at radius 1 is 1.15 bits per heavy atom. The van der Waals surface area contributed by atoms with Crippen LogP contribution in [0.3, 0.4) is 0 Å². The molecule has 5 nitrogen and oxygen atoms in total. The number of sulfonamides is 1. The molecule has 4 rings (SSSR count). The molecule has 7 heteroatoms. The zero-order chi connectivity index (χ0) is 19.5. The number of benzene rings is 2. The SMILES string of the molecule is Cc1cc(C)c(NS(=O)(=O)c2ccc3c4c2CC(=O)N4CC(C)S3)c(C)c1. The summed E-state index contributed by atoms with van der Waals surface area (Å²) < 4.78 is 29.2. The van der Waals surface area contributed by atoms with Gasteiger partial charge < -0.3 is 4.90 Å². The molecule has 27 heavy (non-hydrogen) atoms. The van der Waals surface area contributed by atoms with E-state index in [1.54, 1.807) is 22.7 Å². The van der Waals surface area contributed by atoms with Crippen LogP contribution in [0.25, 0.3) is 0 Å². The summed E-state index contributed by atoms with van der Waals surface area (Å²) in [4.78, 5) is 15.4. The highest BCUT2D eigenvalue weighted by Gasteiger charge is 2.38. The third kappa shape index (κ3) is 3.02. The summed E-state index contributed by atoms with van der Waals surface area (Å²) in [6, 6.07) is 7.38. The monoisotopic (exact) mass is 402 g/mol. The second-order valence-corrected chi connectivity index (χ2v) is 10.5. The van der Waals surface area contributed by atoms with E-state index in [9.17, 15) is 13.2 Å². The number of carbonyl (C=O) groups excluding carboxylic acids is 1. The molecule has 2 heterocycles. The van der Waals surface area contributed by atoms with Crippen molar-refractivity contribution in [3.05, 3.63) is 46.5 Å². The van der Waals surface area contributed by atoms with Crippen LogP contribution < -0.4 is 9.62 Å². The average Bonchev–Trinajstić information content (AvgIpc) is 2.88. The second-order valence-electron chi connectivity index (χ2n) is 7.38. The third-order valence-corrected chi connectivity index (χ3v) is 7.64. The molecule has 0 bridgehead atoms. The van der Waals surface area contributed by atoms with Crippen LogP contribution in [0.5, 0.6) is 0 Å². The van der Waals surface area contributed by atoms with Gasteiger partial charge in [0, 0.05) is 22.3 Å². The van der Waals surface area contributed by atoms with Gasteiger partial charge in [-0.2, -0.15) is 0 Å². The van der Waals surface area contributed by atoms with E-state index in [1.165, 1.54) is 0 Å². The minimum absolute atomic E-state index is 0.0243. The van der Waals surface area contributed by atoms with Crippen LogP contribution >= 0.6 is 11.8 Å². The molecule has 2 aliphatic heterocycles. The molecule has 0 radical (unpaired) electrons. The smallest absolute Gasteiger partial charge is 0.262 e. The third-order valence-electron chi connectivity index (χ3n) is 5.07. The minimum Gasteiger partial charge on any atom is -0.310 e. The first kappa shape index (κ1) is 18.4. The number of rotatable bonds is 3. The quantitative estimate of drug-likeness (QED) is 0.848. The predicted molar refractivity (Wildman–Crippen MR) is 109 cm³/mol. The lowest BCUT2D eigenvalue weighted by Gasteiger charge is -2.29. The number of hydrogen-bond acceptors (Lipinski definition) is 4. The Balaban J connectivity index is 1.80. The summed E-state index contributed by atoms with van der Waals surface area (Å²) in [5, 5.41) is 0.297. The Labute approximate surface area is 164 Å². The van der Waals surface area contributed by atoms with E-state index >= 15 is 0 Å². The fourth-order valence-corrected chi connectivity index (χ4v) is 6.61. The van der Waals surface area contributed by atoms with Crippen LogP contribution in [0, 0.1) is 20.8 Å². The second kappa shape index (κ2) is 6.27. The Kier molecular flexibility index (Phi) is 4.27. The molecule has 1 N–H and O–H groups in total. The topological polar surface area (TPSA) is 66.5 Å². The maximum Gasteiger partial charge on any atom is 0.262 e. The van der Waals surface area contributed by atoms with Gasteiger partial charge in [0.15, 0.2) is 0 Å². The molecule has 1 unspecified atom stereocenters. The van der Waals surface area contributed by atoms with E-state index in [0.29, 0.717) is 23.0 Å². The maximum atomic E-state index is 13.2. The summed E-state index contributed by atoms with van der Waals surface area (Å²) in [5.41, 5.74) is 4.86. The molecule has 0 fully saturated rings. The maximum absolute atomic E-state index is 13.2. The van der Waals surface area contributed by atoms with Gasteiger partial charge in [-0.3, -0.25) is 9.52 Å². The van der Waals surface area contributed by atoms with Crippen LogP contribution in [0.15, 0.2) is 34.1 Å². The fourth-order valence-electron chi connectivity index (χ4n) is 4.02. The van der Waals surface area contributed by atoms with E-state index < -0.39 is 10.0 Å². The van der Waals surface area contributed by atoms with E-state index in [1.807, 2.05) is 39.0 Å². The van der Waals surface area contributed by atoms with Crippen molar-refractivity contribution in [2.75, 3.05) is 16.2 Å². The molecular formula is C20H22N2O3S2. The van der Waals surface area contributed by atoms with Gasteiger partial charge in [0.05, 0.1) is 22.7 Å². The molecule has 1 atom stereocenters. The molecule has 0 aromatic heterocycles. The van der Waals surface area contributed by atoms with Crippen LogP contribution in [-0.4, -0.2) is 26.1 Å². The summed E-state index contributed by atoms with van der Waals surface area (Å²) in [5.74, 6) is -0.0243. The van der Waals surface area contributed by atoms with Crippen molar-refractivity contribution in [3.63, 3.8) is 0 Å². The number of nitrogens with one attached hydrogen (secondary N) is 1. The highest BCUT2D eigenvalue weighted by atomic mass is 32.2. The van der Waals surface area contributed by atoms with Gasteiger partial charge in [0.25, 0.3) is 10.0 Å². The fraction of sp³-hybridized carbons (Fsp3) is 0.350. The Hall–Kier alpha value is -1.99. The van der Waals surface area contributed by atoms with Crippen LogP contribution in [0.4, 0.5) is 11.4 Å². The van der Waals surface area contributed by atoms with Gasteiger partial charge >= 0.3 is 0 Å². The van der Waals surface area contributed by atoms with Gasteiger partial charge in [-0.05, 0) is 44.0 Å². The molecule has 142 valence electrons. The van der Waals surface area contributed by atoms with E-state index in [0.717, 1.165) is 27.3 Å². The number of carbonyl (C=O) groups is 1. The number of thioether (sulfide) groups is 1. The Morgan fingerprint density at radius 3 is 2.48 bits per heavy atom. The lowest BCUT2D eigenvalue weighted by Crippen LogP contribution is -2.35. The first-order valence-electron chi connectivity index (χ1n) is 8.91. The van der Waals surface area contributed by atoms with Gasteiger partial charge in [-0.25, -0.2) is 8.42 Å². The predicted octanol–water partition coefficient (Wildman–Crippen LogP) is 3.80. The minimum atomic E-state index is -3.80. The highest BCUT2D eigenvalue weighted by Crippen LogP contribution is 2.46. The summed E-state index contributed by atoms with van der Waals surface area (Å²) in [6.07, 6.45) is 0.137. The van der Waals surface area contributed by atoms with E-state index in [2.05, 4.69) is 11.6 Å². The van der Waals surface area contributed by atoms with Crippen LogP contribution in [-0.2, 0) is 21.2 Å². The van der Waals surface area contributed by atoms with Gasteiger partial charge in [0.2, 0.25) is 5.91 Å². The largest absolute Gasteiger partial charge is 0.310 e. The van der Waals surface area contributed by atoms with Crippen molar-refractivity contribution >= 4 is 39.1 Å². The standard InChI is InChI=1S/C20H22N2O3S2/c1-11-7-12(2)19(13(3)8-11)21-27(24,25)17-6-5-16-20-15(17)9-18(23)22(20)10-14(4)26-16/h5-8,14,21H,9-10H2,1-4H3. The van der Waals surface area contributed by atoms with Gasteiger partial charge in [0.1, 0.15) is 0 Å². The van der Waals surface area contributed by atoms with E-state index in [4.69, 9.17) is 0 Å². The lowest BCUT2D eigenvalue weighted by molar-refractivity contribution is -0.117. The number of aryl methyl sites for hydroxylation is 3. The molecule has 0 aliphatic carbocycles. The van der Waals surface area contributed by atoms with Crippen LogP contribution in [0.1, 0.15) is 29.2 Å². The number of nitrogens with zero attached hydrogens (tertiary/aromatic N) is 1. The molecule has 2 aliphatic rings. The molecule has 0 saturated carbocycles. The average molecular weight is 403 g/mol. The lowest BCUT2D eigenvalue weighted by atomic mass is 10.1. The van der Waals surface area contributed by atoms with Crippen LogP contribution in [0.2, 0.25) is 0 Å². The molecular weight excluding hydrogens is 380 g/mol. The van der Waals surface area contributed by atoms with Gasteiger partial charge in [-0.15, -0.1) is 11.8 Å². The highest BCUT2D eigenvalue weighted by molar-refractivity contribution is 8.00. The van der Waals surface area contributed by atoms with E-state index in [-0.39, 0.29) is 17.2 Å². The number of amides is 1. The molecule has 0 saturated heterocycles. The zero-order valence-electron chi connectivity index (χ0n) is 15.8. The van der Waals surface area contributed by atoms with Crippen molar-refractivity contribution in [3.8, 4) is 0 Å². The molecule has 1 amide bonds. The first-order valence-corrected chi connectivity index (χ1v) is 11.3. The van der Waals surface area contributed by atoms with Crippen molar-refractivity contribution in [2.45, 2.75) is 49.2 Å². The summed E-state index contributed by atoms with van der Waals surface area (Å²) >= 11 is 1.69. The van der Waals surface area contributed by atoms with Gasteiger partial charge in [-0.1, -0.05) is 24.6 Å². The van der Waals surface area contributed by atoms with Crippen molar-refractivity contribution in [1.82, 2.24) is 0 Å². The van der Waals surface area contributed by atoms with Crippen molar-refractivity contribution in [1.29, 1.82) is 0 Å².